The molecule has 7 heteroatoms. The van der Waals surface area contributed by atoms with Gasteiger partial charge in [0.2, 0.25) is 0 Å². The molecule has 0 aliphatic carbocycles. The molecule has 1 amide bonds. The molecule has 0 radical (unpaired) electrons. The second-order valence-electron chi connectivity index (χ2n) is 4.21. The lowest BCUT2D eigenvalue weighted by molar-refractivity contribution is 0.0696. The zero-order valence-corrected chi connectivity index (χ0v) is 11.1. The number of aromatic carboxylic acids is 1. The summed E-state index contributed by atoms with van der Waals surface area (Å²) >= 11 is 0. The van der Waals surface area contributed by atoms with Crippen molar-refractivity contribution in [1.29, 1.82) is 0 Å². The molecule has 0 unspecified atom stereocenters. The summed E-state index contributed by atoms with van der Waals surface area (Å²) in [5.41, 5.74) is 0.151. The van der Waals surface area contributed by atoms with Crippen LogP contribution in [0.2, 0.25) is 0 Å². The van der Waals surface area contributed by atoms with Crippen molar-refractivity contribution < 1.29 is 19.8 Å². The van der Waals surface area contributed by atoms with E-state index in [4.69, 9.17) is 5.11 Å². The Morgan fingerprint density at radius 2 is 2.00 bits per heavy atom. The Kier molecular flexibility index (Phi) is 4.24. The van der Waals surface area contributed by atoms with E-state index in [-0.39, 0.29) is 17.0 Å². The molecule has 7 nitrogen and oxygen atoms in total. The number of carbonyl (C=O) groups excluding carboxylic acids is 1. The summed E-state index contributed by atoms with van der Waals surface area (Å²) in [6.45, 7) is 0. The highest BCUT2D eigenvalue weighted by molar-refractivity contribution is 5.95. The molecular weight excluding hydrogens is 274 g/mol. The predicted molar refractivity (Wildman–Crippen MR) is 72.9 cm³/mol. The second kappa shape index (κ2) is 6.10. The van der Waals surface area contributed by atoms with Crippen LogP contribution in [0.3, 0.4) is 0 Å². The van der Waals surface area contributed by atoms with Crippen molar-refractivity contribution in [3.63, 3.8) is 0 Å². The molecule has 0 fully saturated rings. The van der Waals surface area contributed by atoms with Crippen LogP contribution in [0.15, 0.2) is 36.5 Å². The fourth-order valence-corrected chi connectivity index (χ4v) is 1.75. The van der Waals surface area contributed by atoms with Gasteiger partial charge in [0.1, 0.15) is 11.8 Å². The SMILES string of the molecule is CNC(=O)c1cc(C(=O)O)cc([C@H](O)c2ccccn2)n1. The monoisotopic (exact) mass is 287 g/mol. The minimum atomic E-state index is -1.21. The first-order chi connectivity index (χ1) is 10.0. The van der Waals surface area contributed by atoms with Gasteiger partial charge < -0.3 is 15.5 Å². The summed E-state index contributed by atoms with van der Waals surface area (Å²) in [4.78, 5) is 30.7. The topological polar surface area (TPSA) is 112 Å². The number of aliphatic hydroxyl groups is 1. The lowest BCUT2D eigenvalue weighted by Crippen LogP contribution is -2.21. The van der Waals surface area contributed by atoms with Gasteiger partial charge in [-0.3, -0.25) is 9.78 Å². The normalized spacial score (nSPS) is 11.7. The standard InChI is InChI=1S/C14H13N3O4/c1-15-13(19)11-7-8(14(20)21)6-10(17-11)12(18)9-4-2-3-5-16-9/h2-7,12,18H,1H3,(H,15,19)(H,20,21)/t12-/m1/s1. The summed E-state index contributed by atoms with van der Waals surface area (Å²) in [6, 6.07) is 7.32. The smallest absolute Gasteiger partial charge is 0.335 e. The van der Waals surface area contributed by atoms with E-state index < -0.39 is 18.0 Å². The Bertz CT molecular complexity index is 673. The van der Waals surface area contributed by atoms with Gasteiger partial charge in [-0.2, -0.15) is 0 Å². The van der Waals surface area contributed by atoms with Crippen molar-refractivity contribution in [1.82, 2.24) is 15.3 Å². The number of nitrogens with zero attached hydrogens (tertiary/aromatic N) is 2. The molecule has 21 heavy (non-hydrogen) atoms. The van der Waals surface area contributed by atoms with Crippen molar-refractivity contribution >= 4 is 11.9 Å². The Labute approximate surface area is 120 Å². The maximum Gasteiger partial charge on any atom is 0.335 e. The van der Waals surface area contributed by atoms with Crippen LogP contribution >= 0.6 is 0 Å². The third-order valence-electron chi connectivity index (χ3n) is 2.80. The van der Waals surface area contributed by atoms with Gasteiger partial charge in [-0.1, -0.05) is 6.07 Å². The van der Waals surface area contributed by atoms with E-state index in [9.17, 15) is 14.7 Å². The Hall–Kier alpha value is -2.80. The number of pyridine rings is 2. The van der Waals surface area contributed by atoms with Crippen LogP contribution in [0.1, 0.15) is 38.3 Å². The number of carboxylic acid groups (broad SMARTS) is 1. The van der Waals surface area contributed by atoms with Gasteiger partial charge in [-0.25, -0.2) is 9.78 Å². The maximum absolute atomic E-state index is 11.6. The number of carboxylic acids is 1. The summed E-state index contributed by atoms with van der Waals surface area (Å²) in [5, 5.41) is 21.7. The van der Waals surface area contributed by atoms with Crippen LogP contribution in [0.4, 0.5) is 0 Å². The van der Waals surface area contributed by atoms with E-state index in [0.29, 0.717) is 5.69 Å². The lowest BCUT2D eigenvalue weighted by atomic mass is 10.1. The molecule has 108 valence electrons. The van der Waals surface area contributed by atoms with Gasteiger partial charge in [0.15, 0.2) is 0 Å². The average molecular weight is 287 g/mol. The molecule has 2 aromatic rings. The summed E-state index contributed by atoms with van der Waals surface area (Å²) < 4.78 is 0. The van der Waals surface area contributed by atoms with E-state index in [1.807, 2.05) is 0 Å². The molecule has 1 atom stereocenters. The zero-order chi connectivity index (χ0) is 15.4. The number of amides is 1. The molecule has 0 aliphatic heterocycles. The quantitative estimate of drug-likeness (QED) is 0.759. The van der Waals surface area contributed by atoms with Crippen molar-refractivity contribution in [2.24, 2.45) is 0 Å². The molecule has 2 heterocycles. The van der Waals surface area contributed by atoms with Gasteiger partial charge in [-0.05, 0) is 24.3 Å². The van der Waals surface area contributed by atoms with Crippen molar-refractivity contribution in [2.75, 3.05) is 7.05 Å². The minimum Gasteiger partial charge on any atom is -0.478 e. The molecule has 2 aromatic heterocycles. The molecular formula is C14H13N3O4. The lowest BCUT2D eigenvalue weighted by Gasteiger charge is -2.11. The van der Waals surface area contributed by atoms with Gasteiger partial charge in [0.25, 0.3) is 5.91 Å². The highest BCUT2D eigenvalue weighted by Gasteiger charge is 2.19. The van der Waals surface area contributed by atoms with E-state index in [1.165, 1.54) is 19.3 Å². The third kappa shape index (κ3) is 3.21. The zero-order valence-electron chi connectivity index (χ0n) is 11.1. The van der Waals surface area contributed by atoms with Crippen LogP contribution in [0, 0.1) is 0 Å². The van der Waals surface area contributed by atoms with Gasteiger partial charge in [0, 0.05) is 13.2 Å². The first-order valence-corrected chi connectivity index (χ1v) is 6.09. The molecule has 2 rings (SSSR count). The molecule has 0 bridgehead atoms. The van der Waals surface area contributed by atoms with Crippen molar-refractivity contribution in [2.45, 2.75) is 6.10 Å². The molecule has 0 spiro atoms. The van der Waals surface area contributed by atoms with Crippen LogP contribution in [-0.4, -0.2) is 39.1 Å². The van der Waals surface area contributed by atoms with Gasteiger partial charge in [0.05, 0.1) is 17.0 Å². The number of nitrogens with one attached hydrogen (secondary N) is 1. The number of carbonyl (C=O) groups is 2. The number of aliphatic hydroxyl groups excluding tert-OH is 1. The van der Waals surface area contributed by atoms with Gasteiger partial charge >= 0.3 is 5.97 Å². The van der Waals surface area contributed by atoms with E-state index in [2.05, 4.69) is 15.3 Å². The highest BCUT2D eigenvalue weighted by Crippen LogP contribution is 2.20. The predicted octanol–water partition coefficient (Wildman–Crippen LogP) is 0.616. The summed E-state index contributed by atoms with van der Waals surface area (Å²) in [6.07, 6.45) is 0.285. The van der Waals surface area contributed by atoms with Crippen molar-refractivity contribution in [3.05, 3.63) is 59.2 Å². The minimum absolute atomic E-state index is 0.0483. The van der Waals surface area contributed by atoms with Crippen molar-refractivity contribution in [3.8, 4) is 0 Å². The molecule has 0 saturated carbocycles. The first kappa shape index (κ1) is 14.6. The van der Waals surface area contributed by atoms with Crippen LogP contribution in [-0.2, 0) is 0 Å². The second-order valence-corrected chi connectivity index (χ2v) is 4.21. The highest BCUT2D eigenvalue weighted by atomic mass is 16.4. The van der Waals surface area contributed by atoms with E-state index >= 15 is 0 Å². The van der Waals surface area contributed by atoms with Gasteiger partial charge in [-0.15, -0.1) is 0 Å². The fraction of sp³-hybridized carbons (Fsp3) is 0.143. The van der Waals surface area contributed by atoms with E-state index in [0.717, 1.165) is 6.07 Å². The average Bonchev–Trinajstić information content (AvgIpc) is 2.53. The molecule has 3 N–H and O–H groups in total. The van der Waals surface area contributed by atoms with Crippen LogP contribution in [0.5, 0.6) is 0 Å². The first-order valence-electron chi connectivity index (χ1n) is 6.09. The molecule has 0 aliphatic rings. The fourth-order valence-electron chi connectivity index (χ4n) is 1.75. The Balaban J connectivity index is 2.50. The third-order valence-corrected chi connectivity index (χ3v) is 2.80. The van der Waals surface area contributed by atoms with Crippen LogP contribution in [0.25, 0.3) is 0 Å². The summed E-state index contributed by atoms with van der Waals surface area (Å²) in [5.74, 6) is -1.75. The van der Waals surface area contributed by atoms with E-state index in [1.54, 1.807) is 18.2 Å². The largest absolute Gasteiger partial charge is 0.478 e. The number of hydrogen-bond donors (Lipinski definition) is 3. The number of hydrogen-bond acceptors (Lipinski definition) is 5. The maximum atomic E-state index is 11.6. The Morgan fingerprint density at radius 1 is 1.24 bits per heavy atom. The number of aromatic nitrogens is 2. The Morgan fingerprint density at radius 3 is 2.57 bits per heavy atom. The summed E-state index contributed by atoms with van der Waals surface area (Å²) in [7, 11) is 1.41. The molecule has 0 saturated heterocycles. The van der Waals surface area contributed by atoms with Crippen LogP contribution < -0.4 is 5.32 Å². The number of rotatable bonds is 4. The molecule has 0 aromatic carbocycles.